The summed E-state index contributed by atoms with van der Waals surface area (Å²) in [6.45, 7) is 1.68. The zero-order chi connectivity index (χ0) is 19.6. The zero-order valence-electron chi connectivity index (χ0n) is 14.7. The smallest absolute Gasteiger partial charge is 0.263 e. The first-order chi connectivity index (χ1) is 13.5. The van der Waals surface area contributed by atoms with Gasteiger partial charge in [0, 0.05) is 35.1 Å². The fraction of sp³-hybridized carbons (Fsp3) is 0.0556. The predicted molar refractivity (Wildman–Crippen MR) is 107 cm³/mol. The van der Waals surface area contributed by atoms with Gasteiger partial charge in [-0.25, -0.2) is 13.4 Å². The van der Waals surface area contributed by atoms with Crippen molar-refractivity contribution in [2.75, 3.05) is 10.0 Å². The summed E-state index contributed by atoms with van der Waals surface area (Å²) in [6, 6.07) is 11.7. The van der Waals surface area contributed by atoms with E-state index in [2.05, 4.69) is 25.2 Å². The molecule has 28 heavy (non-hydrogen) atoms. The Balaban J connectivity index is 1.47. The first-order valence-corrected chi connectivity index (χ1v) is 10.5. The van der Waals surface area contributed by atoms with E-state index in [-0.39, 0.29) is 10.7 Å². The number of aryl methyl sites for hydroxylation is 1. The van der Waals surface area contributed by atoms with Crippen molar-refractivity contribution in [3.63, 3.8) is 0 Å². The van der Waals surface area contributed by atoms with Gasteiger partial charge in [0.05, 0.1) is 10.6 Å². The minimum atomic E-state index is -3.74. The summed E-state index contributed by atoms with van der Waals surface area (Å²) in [5.41, 5.74) is 2.56. The second-order valence-electron chi connectivity index (χ2n) is 5.85. The number of thiazole rings is 1. The maximum atomic E-state index is 12.4. The van der Waals surface area contributed by atoms with Crippen LogP contribution in [0.1, 0.15) is 5.76 Å². The van der Waals surface area contributed by atoms with Crippen molar-refractivity contribution >= 4 is 38.0 Å². The van der Waals surface area contributed by atoms with Crippen LogP contribution < -0.4 is 10.0 Å². The molecule has 0 saturated carbocycles. The van der Waals surface area contributed by atoms with Gasteiger partial charge in [-0.3, -0.25) is 9.71 Å². The Morgan fingerprint density at radius 1 is 1.07 bits per heavy atom. The maximum Gasteiger partial charge on any atom is 0.263 e. The van der Waals surface area contributed by atoms with Crippen LogP contribution in [0.15, 0.2) is 69.7 Å². The molecule has 3 heterocycles. The van der Waals surface area contributed by atoms with E-state index < -0.39 is 10.0 Å². The van der Waals surface area contributed by atoms with Crippen LogP contribution in [0, 0.1) is 6.92 Å². The summed E-state index contributed by atoms with van der Waals surface area (Å²) >= 11 is 1.46. The average Bonchev–Trinajstić information content (AvgIpc) is 3.31. The molecule has 4 aromatic rings. The molecule has 0 aliphatic carbocycles. The quantitative estimate of drug-likeness (QED) is 0.491. The number of benzene rings is 1. The van der Waals surface area contributed by atoms with E-state index in [1.54, 1.807) is 31.5 Å². The molecule has 0 spiro atoms. The Kier molecular flexibility index (Phi) is 4.80. The minimum Gasteiger partial charge on any atom is -0.360 e. The lowest BCUT2D eigenvalue weighted by atomic mass is 10.2. The largest absolute Gasteiger partial charge is 0.360 e. The summed E-state index contributed by atoms with van der Waals surface area (Å²) in [7, 11) is -3.74. The van der Waals surface area contributed by atoms with Crippen LogP contribution in [0.5, 0.6) is 0 Å². The highest BCUT2D eigenvalue weighted by Crippen LogP contribution is 2.27. The molecule has 0 saturated heterocycles. The van der Waals surface area contributed by atoms with E-state index in [0.717, 1.165) is 16.9 Å². The molecule has 1 aromatic carbocycles. The second kappa shape index (κ2) is 7.41. The van der Waals surface area contributed by atoms with Gasteiger partial charge in [0.15, 0.2) is 10.9 Å². The molecular formula is C18H15N5O3S2. The van der Waals surface area contributed by atoms with Crippen LogP contribution in [0.2, 0.25) is 0 Å². The topological polar surface area (TPSA) is 110 Å². The number of rotatable bonds is 6. The summed E-state index contributed by atoms with van der Waals surface area (Å²) < 4.78 is 32.1. The van der Waals surface area contributed by atoms with Crippen LogP contribution in [-0.4, -0.2) is 23.5 Å². The third-order valence-electron chi connectivity index (χ3n) is 3.76. The molecule has 0 atom stereocenters. The standard InChI is InChI=1S/C18H15N5O3S2/c1-12-10-17(22-26-12)23-28(24,25)15-4-2-14(3-5-15)20-18-21-16(11-27-18)13-6-8-19-9-7-13/h2-11H,1H3,(H,20,21)(H,22,23). The van der Waals surface area contributed by atoms with Crippen molar-refractivity contribution in [2.45, 2.75) is 11.8 Å². The molecule has 0 aliphatic rings. The van der Waals surface area contributed by atoms with Gasteiger partial charge in [0.25, 0.3) is 10.0 Å². The lowest BCUT2D eigenvalue weighted by Gasteiger charge is -2.07. The van der Waals surface area contributed by atoms with E-state index in [1.807, 2.05) is 17.5 Å². The molecule has 0 amide bonds. The Morgan fingerprint density at radius 2 is 1.82 bits per heavy atom. The normalized spacial score (nSPS) is 11.3. The van der Waals surface area contributed by atoms with Crippen LogP contribution in [0.3, 0.4) is 0 Å². The Hall–Kier alpha value is -3.24. The SMILES string of the molecule is Cc1cc(NS(=O)(=O)c2ccc(Nc3nc(-c4ccncc4)cs3)cc2)no1. The first kappa shape index (κ1) is 18.1. The van der Waals surface area contributed by atoms with Gasteiger partial charge < -0.3 is 9.84 Å². The van der Waals surface area contributed by atoms with Crippen LogP contribution in [0.25, 0.3) is 11.3 Å². The van der Waals surface area contributed by atoms with Crippen molar-refractivity contribution in [1.29, 1.82) is 0 Å². The summed E-state index contributed by atoms with van der Waals surface area (Å²) in [4.78, 5) is 8.65. The Bertz CT molecular complexity index is 1190. The first-order valence-electron chi connectivity index (χ1n) is 8.19. The monoisotopic (exact) mass is 413 g/mol. The van der Waals surface area contributed by atoms with Crippen molar-refractivity contribution in [1.82, 2.24) is 15.1 Å². The third kappa shape index (κ3) is 4.02. The number of anilines is 3. The highest BCUT2D eigenvalue weighted by atomic mass is 32.2. The van der Waals surface area contributed by atoms with Gasteiger partial charge in [0.1, 0.15) is 5.76 Å². The number of sulfonamides is 1. The number of nitrogens with zero attached hydrogens (tertiary/aromatic N) is 3. The molecule has 142 valence electrons. The summed E-state index contributed by atoms with van der Waals surface area (Å²) in [6.07, 6.45) is 3.44. The van der Waals surface area contributed by atoms with E-state index >= 15 is 0 Å². The minimum absolute atomic E-state index is 0.121. The van der Waals surface area contributed by atoms with E-state index in [4.69, 9.17) is 4.52 Å². The van der Waals surface area contributed by atoms with Gasteiger partial charge in [-0.05, 0) is 43.3 Å². The molecule has 0 bridgehead atoms. The fourth-order valence-electron chi connectivity index (χ4n) is 2.44. The molecule has 0 fully saturated rings. The summed E-state index contributed by atoms with van der Waals surface area (Å²) in [5.74, 6) is 0.665. The van der Waals surface area contributed by atoms with E-state index in [0.29, 0.717) is 10.9 Å². The second-order valence-corrected chi connectivity index (χ2v) is 8.39. The number of pyridine rings is 1. The molecule has 3 aromatic heterocycles. The number of hydrogen-bond acceptors (Lipinski definition) is 8. The van der Waals surface area contributed by atoms with Gasteiger partial charge in [-0.15, -0.1) is 11.3 Å². The van der Waals surface area contributed by atoms with Crippen molar-refractivity contribution in [3.8, 4) is 11.3 Å². The molecule has 10 heteroatoms. The van der Waals surface area contributed by atoms with Crippen LogP contribution >= 0.6 is 11.3 Å². The molecular weight excluding hydrogens is 398 g/mol. The van der Waals surface area contributed by atoms with Crippen molar-refractivity contribution in [3.05, 3.63) is 66.0 Å². The van der Waals surface area contributed by atoms with Crippen LogP contribution in [0.4, 0.5) is 16.6 Å². The average molecular weight is 413 g/mol. The number of nitrogens with one attached hydrogen (secondary N) is 2. The molecule has 2 N–H and O–H groups in total. The molecule has 0 unspecified atom stereocenters. The number of aromatic nitrogens is 3. The Labute approximate surface area is 165 Å². The van der Waals surface area contributed by atoms with E-state index in [1.165, 1.54) is 29.5 Å². The van der Waals surface area contributed by atoms with Crippen molar-refractivity contribution < 1.29 is 12.9 Å². The van der Waals surface area contributed by atoms with Gasteiger partial charge in [-0.2, -0.15) is 0 Å². The molecule has 4 rings (SSSR count). The molecule has 8 nitrogen and oxygen atoms in total. The van der Waals surface area contributed by atoms with Gasteiger partial charge >= 0.3 is 0 Å². The van der Waals surface area contributed by atoms with E-state index in [9.17, 15) is 8.42 Å². The lowest BCUT2D eigenvalue weighted by Crippen LogP contribution is -2.13. The lowest BCUT2D eigenvalue weighted by molar-refractivity contribution is 0.400. The molecule has 0 aliphatic heterocycles. The Morgan fingerprint density at radius 3 is 2.50 bits per heavy atom. The highest BCUT2D eigenvalue weighted by molar-refractivity contribution is 7.92. The van der Waals surface area contributed by atoms with Crippen LogP contribution in [-0.2, 0) is 10.0 Å². The number of hydrogen-bond donors (Lipinski definition) is 2. The maximum absolute atomic E-state index is 12.4. The van der Waals surface area contributed by atoms with Gasteiger partial charge in [0.2, 0.25) is 0 Å². The molecule has 0 radical (unpaired) electrons. The summed E-state index contributed by atoms with van der Waals surface area (Å²) in [5, 5.41) is 9.47. The fourth-order valence-corrected chi connectivity index (χ4v) is 4.16. The predicted octanol–water partition coefficient (Wildman–Crippen LogP) is 4.05. The van der Waals surface area contributed by atoms with Crippen molar-refractivity contribution in [2.24, 2.45) is 0 Å². The van der Waals surface area contributed by atoms with Gasteiger partial charge in [-0.1, -0.05) is 5.16 Å². The highest BCUT2D eigenvalue weighted by Gasteiger charge is 2.16. The third-order valence-corrected chi connectivity index (χ3v) is 5.89. The zero-order valence-corrected chi connectivity index (χ0v) is 16.3.